The maximum atomic E-state index is 14.2. The number of hydrogen-bond acceptors (Lipinski definition) is 10. The zero-order valence-corrected chi connectivity index (χ0v) is 22.7. The Morgan fingerprint density at radius 2 is 1.51 bits per heavy atom. The molecule has 0 unspecified atom stereocenters. The molecule has 10 heteroatoms. The van der Waals surface area contributed by atoms with E-state index in [0.29, 0.717) is 12.8 Å². The maximum absolute atomic E-state index is 14.2. The zero-order valence-electron chi connectivity index (χ0n) is 22.7. The Morgan fingerprint density at radius 1 is 0.919 bits per heavy atom. The van der Waals surface area contributed by atoms with Gasteiger partial charge in [0.1, 0.15) is 30.2 Å². The minimum absolute atomic E-state index is 0.0978. The number of aliphatic hydroxyl groups excluding tert-OH is 2. The van der Waals surface area contributed by atoms with Crippen molar-refractivity contribution in [2.45, 2.75) is 91.3 Å². The van der Waals surface area contributed by atoms with Crippen molar-refractivity contribution in [1.29, 1.82) is 0 Å². The van der Waals surface area contributed by atoms with E-state index in [1.54, 1.807) is 0 Å². The number of ketones is 1. The molecule has 0 amide bonds. The molecule has 0 aromatic carbocycles. The summed E-state index contributed by atoms with van der Waals surface area (Å²) in [5, 5.41) is 23.4. The van der Waals surface area contributed by atoms with Crippen LogP contribution in [0.4, 0.5) is 0 Å². The Hall–Kier alpha value is -2.04. The van der Waals surface area contributed by atoms with E-state index >= 15 is 0 Å². The van der Waals surface area contributed by atoms with Crippen LogP contribution >= 0.6 is 0 Å². The minimum atomic E-state index is -1.39. The molecule has 37 heavy (non-hydrogen) atoms. The summed E-state index contributed by atoms with van der Waals surface area (Å²) in [7, 11) is 1.51. The van der Waals surface area contributed by atoms with Gasteiger partial charge in [-0.1, -0.05) is 20.8 Å². The average Bonchev–Trinajstić information content (AvgIpc) is 2.96. The van der Waals surface area contributed by atoms with Crippen LogP contribution in [0.2, 0.25) is 0 Å². The Labute approximate surface area is 217 Å². The van der Waals surface area contributed by atoms with Crippen LogP contribution in [0.5, 0.6) is 0 Å². The average molecular weight is 525 g/mol. The SMILES string of the molecule is COC[C@@H]1C(=O)[C@]23C[C@H]1C[C@H](OC(C)=O)[C@H]2[C@]1(C)C[C@H](O)[C@H](OC(C)=O)C(C)(C)[C@H]1[C@@H](OC(C)=O)[C@@H]3O. The number of hydrogen-bond donors (Lipinski definition) is 2. The second kappa shape index (κ2) is 9.31. The number of methoxy groups -OCH3 is 1. The van der Waals surface area contributed by atoms with Gasteiger partial charge in [-0.05, 0) is 30.6 Å². The molecule has 0 radical (unpaired) electrons. The van der Waals surface area contributed by atoms with E-state index < -0.39 is 82.4 Å². The van der Waals surface area contributed by atoms with Crippen molar-refractivity contribution in [3.05, 3.63) is 0 Å². The van der Waals surface area contributed by atoms with E-state index in [1.807, 2.05) is 20.8 Å². The van der Waals surface area contributed by atoms with Crippen molar-refractivity contribution in [3.63, 3.8) is 0 Å². The number of aliphatic hydroxyl groups is 2. The Morgan fingerprint density at radius 3 is 2.05 bits per heavy atom. The van der Waals surface area contributed by atoms with Gasteiger partial charge in [-0.2, -0.15) is 0 Å². The van der Waals surface area contributed by atoms with Gasteiger partial charge in [-0.15, -0.1) is 0 Å². The van der Waals surface area contributed by atoms with Gasteiger partial charge in [0.25, 0.3) is 0 Å². The summed E-state index contributed by atoms with van der Waals surface area (Å²) in [6.45, 7) is 9.52. The fourth-order valence-electron chi connectivity index (χ4n) is 9.25. The predicted octanol–water partition coefficient (Wildman–Crippen LogP) is 1.43. The van der Waals surface area contributed by atoms with Gasteiger partial charge in [-0.25, -0.2) is 0 Å². The zero-order chi connectivity index (χ0) is 27.7. The molecule has 0 aliphatic heterocycles. The summed E-state index contributed by atoms with van der Waals surface area (Å²) in [5.41, 5.74) is -3.27. The first-order chi connectivity index (χ1) is 17.1. The van der Waals surface area contributed by atoms with Gasteiger partial charge in [0.2, 0.25) is 0 Å². The molecule has 4 saturated carbocycles. The van der Waals surface area contributed by atoms with Crippen molar-refractivity contribution in [1.82, 2.24) is 0 Å². The Bertz CT molecular complexity index is 976. The number of fused-ring (bicyclic) bond motifs is 3. The fraction of sp³-hybridized carbons (Fsp3) is 0.852. The summed E-state index contributed by atoms with van der Waals surface area (Å²) in [6, 6.07) is 0. The number of Topliss-reactive ketones (excluding diaryl/α,β-unsaturated/α-hetero) is 1. The van der Waals surface area contributed by atoms with E-state index in [-0.39, 0.29) is 24.7 Å². The molecule has 2 bridgehead atoms. The first-order valence-electron chi connectivity index (χ1n) is 13.0. The first-order valence-corrected chi connectivity index (χ1v) is 13.0. The van der Waals surface area contributed by atoms with Gasteiger partial charge in [0, 0.05) is 51.0 Å². The molecule has 2 N–H and O–H groups in total. The lowest BCUT2D eigenvalue weighted by Crippen LogP contribution is -2.75. The number of carbonyl (C=O) groups is 4. The molecule has 0 aromatic rings. The lowest BCUT2D eigenvalue weighted by atomic mass is 9.38. The second-order valence-corrected chi connectivity index (χ2v) is 12.4. The molecule has 4 fully saturated rings. The molecule has 4 rings (SSSR count). The number of rotatable bonds is 5. The van der Waals surface area contributed by atoms with Gasteiger partial charge in [0.05, 0.1) is 18.1 Å². The van der Waals surface area contributed by atoms with Gasteiger partial charge in [-0.3, -0.25) is 19.2 Å². The number of carbonyl (C=O) groups excluding carboxylic acids is 4. The van der Waals surface area contributed by atoms with Crippen LogP contribution in [0, 0.1) is 39.9 Å². The van der Waals surface area contributed by atoms with Crippen molar-refractivity contribution < 1.29 is 48.3 Å². The fourth-order valence-corrected chi connectivity index (χ4v) is 9.25. The highest BCUT2D eigenvalue weighted by atomic mass is 16.6. The molecule has 1 spiro atoms. The molecule has 0 aromatic heterocycles. The normalized spacial score (nSPS) is 45.9. The second-order valence-electron chi connectivity index (χ2n) is 12.4. The summed E-state index contributed by atoms with van der Waals surface area (Å²) in [4.78, 5) is 50.8. The lowest BCUT2D eigenvalue weighted by molar-refractivity contribution is -0.298. The van der Waals surface area contributed by atoms with Crippen LogP contribution in [0.25, 0.3) is 0 Å². The third-order valence-corrected chi connectivity index (χ3v) is 9.81. The summed E-state index contributed by atoms with van der Waals surface area (Å²) in [6.07, 6.45) is -4.37. The molecule has 0 saturated heterocycles. The van der Waals surface area contributed by atoms with Gasteiger partial charge >= 0.3 is 17.9 Å². The van der Waals surface area contributed by atoms with Crippen LogP contribution in [-0.2, 0) is 38.1 Å². The van der Waals surface area contributed by atoms with E-state index in [1.165, 1.54) is 27.9 Å². The van der Waals surface area contributed by atoms with Crippen molar-refractivity contribution in [2.75, 3.05) is 13.7 Å². The molecule has 0 heterocycles. The Balaban J connectivity index is 1.95. The van der Waals surface area contributed by atoms with Crippen molar-refractivity contribution >= 4 is 23.7 Å². The van der Waals surface area contributed by atoms with E-state index in [2.05, 4.69) is 0 Å². The summed E-state index contributed by atoms with van der Waals surface area (Å²) < 4.78 is 22.6. The largest absolute Gasteiger partial charge is 0.462 e. The van der Waals surface area contributed by atoms with Crippen LogP contribution in [0.15, 0.2) is 0 Å². The van der Waals surface area contributed by atoms with Crippen LogP contribution < -0.4 is 0 Å². The molecule has 11 atom stereocenters. The third-order valence-electron chi connectivity index (χ3n) is 9.81. The Kier molecular flexibility index (Phi) is 7.04. The summed E-state index contributed by atoms with van der Waals surface area (Å²) in [5.74, 6) is -3.84. The van der Waals surface area contributed by atoms with Crippen molar-refractivity contribution in [2.24, 2.45) is 39.9 Å². The first kappa shape index (κ1) is 28.0. The molecular formula is C27H40O10. The van der Waals surface area contributed by atoms with Crippen LogP contribution in [-0.4, -0.2) is 78.1 Å². The smallest absolute Gasteiger partial charge is 0.303 e. The number of ether oxygens (including phenoxy) is 4. The topological polar surface area (TPSA) is 146 Å². The highest BCUT2D eigenvalue weighted by Crippen LogP contribution is 2.72. The standard InChI is InChI=1S/C27H40O10/c1-12(28)35-18-8-15-9-27(22(32)16(15)11-34-7)20(18)26(6)10-17(31)24(37-14(3)30)25(4,5)21(26)19(23(27)33)36-13(2)29/h15-21,23-24,31,33H,8-11H2,1-7H3/t15-,16+,17+,18+,19-,20+,21-,23+,24+,26+,27+/m1/s1. The molecule has 4 aliphatic carbocycles. The predicted molar refractivity (Wildman–Crippen MR) is 128 cm³/mol. The van der Waals surface area contributed by atoms with Gasteiger partial charge in [0.15, 0.2) is 0 Å². The van der Waals surface area contributed by atoms with E-state index in [0.717, 1.165) is 0 Å². The number of esters is 3. The minimum Gasteiger partial charge on any atom is -0.462 e. The van der Waals surface area contributed by atoms with E-state index in [9.17, 15) is 29.4 Å². The molecule has 10 nitrogen and oxygen atoms in total. The van der Waals surface area contributed by atoms with Crippen LogP contribution in [0.3, 0.4) is 0 Å². The molecular weight excluding hydrogens is 484 g/mol. The molecule has 4 aliphatic rings. The van der Waals surface area contributed by atoms with E-state index in [4.69, 9.17) is 18.9 Å². The third kappa shape index (κ3) is 4.01. The maximum Gasteiger partial charge on any atom is 0.303 e. The molecule has 208 valence electrons. The highest BCUT2D eigenvalue weighted by molar-refractivity contribution is 5.92. The summed E-state index contributed by atoms with van der Waals surface area (Å²) >= 11 is 0. The quantitative estimate of drug-likeness (QED) is 0.400. The monoisotopic (exact) mass is 524 g/mol. The van der Waals surface area contributed by atoms with Gasteiger partial charge < -0.3 is 29.2 Å². The highest BCUT2D eigenvalue weighted by Gasteiger charge is 2.78. The lowest BCUT2D eigenvalue weighted by Gasteiger charge is -2.68. The van der Waals surface area contributed by atoms with Crippen LogP contribution in [0.1, 0.15) is 60.8 Å². The van der Waals surface area contributed by atoms with Crippen molar-refractivity contribution in [3.8, 4) is 0 Å².